The number of imide groups is 1. The number of hydrogen-bond acceptors (Lipinski definition) is 4. The summed E-state index contributed by atoms with van der Waals surface area (Å²) in [6, 6.07) is 9.51. The topological polar surface area (TPSA) is 66.8 Å². The molecular weight excluding hydrogens is 402 g/mol. The lowest BCUT2D eigenvalue weighted by atomic mass is 9.96. The first kappa shape index (κ1) is 20.0. The maximum absolute atomic E-state index is 13.2. The summed E-state index contributed by atoms with van der Waals surface area (Å²) < 4.78 is 56.1. The van der Waals surface area contributed by atoms with Gasteiger partial charge in [-0.25, -0.2) is 18.9 Å². The van der Waals surface area contributed by atoms with Gasteiger partial charge in [0.1, 0.15) is 5.82 Å². The molecule has 2 aromatic rings. The van der Waals surface area contributed by atoms with E-state index in [1.165, 1.54) is 36.4 Å². The van der Waals surface area contributed by atoms with E-state index in [9.17, 15) is 32.3 Å². The second kappa shape index (κ2) is 7.70. The molecule has 148 valence electrons. The van der Waals surface area contributed by atoms with Crippen LogP contribution < -0.4 is 0 Å². The van der Waals surface area contributed by atoms with Crippen LogP contribution in [0.5, 0.6) is 0 Å². The molecule has 2 atom stereocenters. The number of hydrogen-bond donors (Lipinski definition) is 1. The highest BCUT2D eigenvalue weighted by molar-refractivity contribution is 8.00. The van der Waals surface area contributed by atoms with Crippen LogP contribution in [0.1, 0.15) is 17.2 Å². The van der Waals surface area contributed by atoms with Crippen molar-refractivity contribution in [1.29, 1.82) is 0 Å². The molecule has 10 heteroatoms. The number of alkyl halides is 3. The Bertz CT molecular complexity index is 888. The van der Waals surface area contributed by atoms with Crippen LogP contribution in [0, 0.1) is 5.82 Å². The van der Waals surface area contributed by atoms with Crippen molar-refractivity contribution in [3.05, 3.63) is 65.5 Å². The molecule has 0 bridgehead atoms. The summed E-state index contributed by atoms with van der Waals surface area (Å²) in [6.45, 7) is 0. The molecule has 0 aliphatic carbocycles. The molecule has 1 N–H and O–H groups in total. The van der Waals surface area contributed by atoms with Crippen molar-refractivity contribution in [2.24, 2.45) is 0 Å². The molecule has 0 radical (unpaired) electrons. The van der Waals surface area contributed by atoms with Gasteiger partial charge in [0.25, 0.3) is 0 Å². The maximum atomic E-state index is 13.2. The molecule has 5 nitrogen and oxygen atoms in total. The number of amides is 2. The summed E-state index contributed by atoms with van der Waals surface area (Å²) in [5.74, 6) is -0.517. The standard InChI is InChI=1S/C18H13F4NO4S/c19-12-6-4-11(5-7-12)15-14(23(16(24)25)17(26)27-15)9-10-2-1-3-13(8-10)28-18(20,21)22/h1-8,14-15H,9H2,(H,24,25). The van der Waals surface area contributed by atoms with Crippen LogP contribution in [0.2, 0.25) is 0 Å². The number of thioether (sulfide) groups is 1. The number of nitrogens with zero attached hydrogens (tertiary/aromatic N) is 1. The number of carbonyl (C=O) groups is 2. The summed E-state index contributed by atoms with van der Waals surface area (Å²) in [5, 5.41) is 9.36. The molecule has 1 aliphatic rings. The third-order valence-electron chi connectivity index (χ3n) is 4.09. The SMILES string of the molecule is O=C(O)N1C(=O)OC(c2ccc(F)cc2)C1Cc1cccc(SC(F)(F)F)c1. The number of benzene rings is 2. The summed E-state index contributed by atoms with van der Waals surface area (Å²) in [4.78, 5) is 24.0. The second-order valence-electron chi connectivity index (χ2n) is 5.98. The van der Waals surface area contributed by atoms with Crippen molar-refractivity contribution in [2.75, 3.05) is 0 Å². The number of cyclic esters (lactones) is 1. The zero-order valence-electron chi connectivity index (χ0n) is 14.0. The third-order valence-corrected chi connectivity index (χ3v) is 4.81. The Morgan fingerprint density at radius 1 is 1.18 bits per heavy atom. The van der Waals surface area contributed by atoms with Gasteiger partial charge in [0.05, 0.1) is 6.04 Å². The van der Waals surface area contributed by atoms with Crippen LogP contribution in [-0.4, -0.2) is 33.7 Å². The molecule has 1 aliphatic heterocycles. The van der Waals surface area contributed by atoms with Crippen molar-refractivity contribution in [3.8, 4) is 0 Å². The summed E-state index contributed by atoms with van der Waals surface area (Å²) >= 11 is -0.291. The average Bonchev–Trinajstić information content (AvgIpc) is 2.90. The van der Waals surface area contributed by atoms with Crippen molar-refractivity contribution in [2.45, 2.75) is 29.0 Å². The molecule has 2 amide bonds. The lowest BCUT2D eigenvalue weighted by Gasteiger charge is -2.22. The first-order valence-electron chi connectivity index (χ1n) is 7.97. The molecule has 1 heterocycles. The molecular formula is C18H13F4NO4S. The zero-order chi connectivity index (χ0) is 20.5. The van der Waals surface area contributed by atoms with Crippen LogP contribution in [-0.2, 0) is 11.2 Å². The van der Waals surface area contributed by atoms with Gasteiger partial charge < -0.3 is 9.84 Å². The number of ether oxygens (including phenoxy) is 1. The van der Waals surface area contributed by atoms with Gasteiger partial charge in [-0.15, -0.1) is 0 Å². The van der Waals surface area contributed by atoms with Crippen LogP contribution in [0.4, 0.5) is 27.2 Å². The van der Waals surface area contributed by atoms with E-state index in [0.717, 1.165) is 12.1 Å². The quantitative estimate of drug-likeness (QED) is 0.548. The van der Waals surface area contributed by atoms with Gasteiger partial charge in [0, 0.05) is 4.90 Å². The molecule has 0 aromatic heterocycles. The van der Waals surface area contributed by atoms with E-state index in [2.05, 4.69) is 0 Å². The normalized spacial score (nSPS) is 19.6. The number of carboxylic acid groups (broad SMARTS) is 1. The lowest BCUT2D eigenvalue weighted by Crippen LogP contribution is -2.39. The molecule has 2 aromatic carbocycles. The van der Waals surface area contributed by atoms with E-state index in [1.807, 2.05) is 0 Å². The lowest BCUT2D eigenvalue weighted by molar-refractivity contribution is -0.0328. The first-order valence-corrected chi connectivity index (χ1v) is 8.78. The van der Waals surface area contributed by atoms with E-state index >= 15 is 0 Å². The largest absolute Gasteiger partial charge is 0.465 e. The minimum atomic E-state index is -4.46. The minimum Gasteiger partial charge on any atom is -0.465 e. The smallest absolute Gasteiger partial charge is 0.446 e. The number of carbonyl (C=O) groups excluding carboxylic acids is 1. The van der Waals surface area contributed by atoms with E-state index in [0.29, 0.717) is 16.0 Å². The fraction of sp³-hybridized carbons (Fsp3) is 0.222. The van der Waals surface area contributed by atoms with Gasteiger partial charge in [-0.3, -0.25) is 0 Å². The highest BCUT2D eigenvalue weighted by Gasteiger charge is 2.46. The van der Waals surface area contributed by atoms with Crippen molar-refractivity contribution in [1.82, 2.24) is 4.90 Å². The van der Waals surface area contributed by atoms with E-state index in [1.54, 1.807) is 0 Å². The van der Waals surface area contributed by atoms with Gasteiger partial charge in [-0.1, -0.05) is 24.3 Å². The second-order valence-corrected chi connectivity index (χ2v) is 7.11. The van der Waals surface area contributed by atoms with Gasteiger partial charge in [0.2, 0.25) is 0 Å². The Morgan fingerprint density at radius 2 is 1.86 bits per heavy atom. The highest BCUT2D eigenvalue weighted by Crippen LogP contribution is 2.38. The number of halogens is 4. The van der Waals surface area contributed by atoms with Gasteiger partial charge in [-0.2, -0.15) is 13.2 Å². The average molecular weight is 415 g/mol. The maximum Gasteiger partial charge on any atom is 0.446 e. The van der Waals surface area contributed by atoms with Crippen LogP contribution in [0.15, 0.2) is 53.4 Å². The molecule has 28 heavy (non-hydrogen) atoms. The Morgan fingerprint density at radius 3 is 2.46 bits per heavy atom. The van der Waals surface area contributed by atoms with Crippen molar-refractivity contribution < 1.29 is 37.0 Å². The Labute approximate surface area is 160 Å². The summed E-state index contributed by atoms with van der Waals surface area (Å²) in [6.07, 6.45) is -3.71. The predicted molar refractivity (Wildman–Crippen MR) is 91.3 cm³/mol. The van der Waals surface area contributed by atoms with Crippen molar-refractivity contribution in [3.63, 3.8) is 0 Å². The molecule has 0 saturated carbocycles. The van der Waals surface area contributed by atoms with Gasteiger partial charge in [-0.05, 0) is 53.6 Å². The number of rotatable bonds is 4. The first-order chi connectivity index (χ1) is 13.1. The van der Waals surface area contributed by atoms with Crippen LogP contribution in [0.3, 0.4) is 0 Å². The van der Waals surface area contributed by atoms with Crippen LogP contribution >= 0.6 is 11.8 Å². The molecule has 0 spiro atoms. The van der Waals surface area contributed by atoms with E-state index in [-0.39, 0.29) is 23.1 Å². The fourth-order valence-electron chi connectivity index (χ4n) is 2.99. The highest BCUT2D eigenvalue weighted by atomic mass is 32.2. The minimum absolute atomic E-state index is 0.0598. The van der Waals surface area contributed by atoms with Gasteiger partial charge >= 0.3 is 17.7 Å². The Hall–Kier alpha value is -2.75. The van der Waals surface area contributed by atoms with E-state index in [4.69, 9.17) is 4.74 Å². The predicted octanol–water partition coefficient (Wildman–Crippen LogP) is 5.22. The monoisotopic (exact) mass is 415 g/mol. The summed E-state index contributed by atoms with van der Waals surface area (Å²) in [7, 11) is 0. The van der Waals surface area contributed by atoms with Crippen molar-refractivity contribution >= 4 is 23.9 Å². The third kappa shape index (κ3) is 4.56. The van der Waals surface area contributed by atoms with Crippen LogP contribution in [0.25, 0.3) is 0 Å². The molecule has 2 unspecified atom stereocenters. The summed E-state index contributed by atoms with van der Waals surface area (Å²) in [5.41, 5.74) is -3.69. The fourth-order valence-corrected chi connectivity index (χ4v) is 3.61. The molecule has 1 fully saturated rings. The van der Waals surface area contributed by atoms with Gasteiger partial charge in [0.15, 0.2) is 6.10 Å². The molecule has 3 rings (SSSR count). The zero-order valence-corrected chi connectivity index (χ0v) is 14.8. The van der Waals surface area contributed by atoms with E-state index < -0.39 is 35.7 Å². The Balaban J connectivity index is 1.91. The molecule has 1 saturated heterocycles. The Kier molecular flexibility index (Phi) is 5.50.